The molecule has 1 amide bonds. The van der Waals surface area contributed by atoms with Crippen LogP contribution in [0, 0.1) is 5.92 Å². The van der Waals surface area contributed by atoms with Gasteiger partial charge < -0.3 is 9.64 Å². The lowest BCUT2D eigenvalue weighted by Gasteiger charge is -2.19. The average molecular weight is 367 g/mol. The minimum atomic E-state index is -3.42. The van der Waals surface area contributed by atoms with Gasteiger partial charge in [-0.05, 0) is 49.9 Å². The third-order valence-electron chi connectivity index (χ3n) is 4.62. The summed E-state index contributed by atoms with van der Waals surface area (Å²) in [7, 11) is -3.42. The van der Waals surface area contributed by atoms with Gasteiger partial charge in [-0.25, -0.2) is 4.72 Å². The summed E-state index contributed by atoms with van der Waals surface area (Å²) in [4.78, 5) is 14.0. The van der Waals surface area contributed by atoms with Crippen LogP contribution in [0.1, 0.15) is 26.2 Å². The Morgan fingerprint density at radius 1 is 1.20 bits per heavy atom. The highest BCUT2D eigenvalue weighted by Gasteiger charge is 2.32. The Hall–Kier alpha value is -1.64. The van der Waals surface area contributed by atoms with Crippen LogP contribution < -0.4 is 14.4 Å². The molecule has 1 aromatic rings. The summed E-state index contributed by atoms with van der Waals surface area (Å²) in [6, 6.07) is 7.41. The molecule has 0 saturated carbocycles. The van der Waals surface area contributed by atoms with Crippen molar-refractivity contribution in [3.8, 4) is 5.75 Å². The van der Waals surface area contributed by atoms with Crippen LogP contribution in [0.25, 0.3) is 0 Å². The summed E-state index contributed by atoms with van der Waals surface area (Å²) >= 11 is 0. The van der Waals surface area contributed by atoms with Crippen LogP contribution >= 0.6 is 0 Å². The van der Waals surface area contributed by atoms with Crippen molar-refractivity contribution in [3.63, 3.8) is 0 Å². The molecule has 25 heavy (non-hydrogen) atoms. The summed E-state index contributed by atoms with van der Waals surface area (Å²) in [5.74, 6) is 0.777. The second-order valence-corrected chi connectivity index (χ2v) is 8.22. The predicted octanol–water partition coefficient (Wildman–Crippen LogP) is 1.37. The molecular formula is C17H25N3O4S. The molecule has 0 radical (unpaired) electrons. The van der Waals surface area contributed by atoms with E-state index in [1.54, 1.807) is 4.90 Å². The van der Waals surface area contributed by atoms with E-state index in [1.165, 1.54) is 4.31 Å². The van der Waals surface area contributed by atoms with Crippen LogP contribution in [0.4, 0.5) is 5.69 Å². The van der Waals surface area contributed by atoms with Crippen molar-refractivity contribution in [2.24, 2.45) is 5.92 Å². The molecule has 2 fully saturated rings. The summed E-state index contributed by atoms with van der Waals surface area (Å²) in [5.41, 5.74) is 0.818. The number of amides is 1. The first-order valence-corrected chi connectivity index (χ1v) is 10.2. The maximum Gasteiger partial charge on any atom is 0.279 e. The molecule has 1 atom stereocenters. The zero-order chi connectivity index (χ0) is 17.9. The predicted molar refractivity (Wildman–Crippen MR) is 95.8 cm³/mol. The number of ether oxygens (including phenoxy) is 1. The van der Waals surface area contributed by atoms with Crippen molar-refractivity contribution >= 4 is 21.8 Å². The Morgan fingerprint density at radius 2 is 1.88 bits per heavy atom. The molecule has 1 unspecified atom stereocenters. The molecule has 2 saturated heterocycles. The number of anilines is 1. The van der Waals surface area contributed by atoms with Crippen molar-refractivity contribution in [2.45, 2.75) is 26.2 Å². The molecule has 3 rings (SSSR count). The number of hydrogen-bond donors (Lipinski definition) is 1. The van der Waals surface area contributed by atoms with Crippen molar-refractivity contribution in [2.75, 3.05) is 37.7 Å². The van der Waals surface area contributed by atoms with Crippen LogP contribution in [0.5, 0.6) is 5.75 Å². The van der Waals surface area contributed by atoms with Gasteiger partial charge in [-0.15, -0.1) is 0 Å². The summed E-state index contributed by atoms with van der Waals surface area (Å²) < 4.78 is 34.0. The quantitative estimate of drug-likeness (QED) is 0.789. The first-order valence-electron chi connectivity index (χ1n) is 8.77. The number of nitrogens with one attached hydrogen (secondary N) is 1. The zero-order valence-electron chi connectivity index (χ0n) is 14.5. The smallest absolute Gasteiger partial charge is 0.279 e. The van der Waals surface area contributed by atoms with Gasteiger partial charge in [-0.3, -0.25) is 4.79 Å². The van der Waals surface area contributed by atoms with E-state index < -0.39 is 10.2 Å². The highest BCUT2D eigenvalue weighted by molar-refractivity contribution is 7.87. The fraction of sp³-hybridized carbons (Fsp3) is 0.588. The molecule has 2 aliphatic rings. The van der Waals surface area contributed by atoms with Gasteiger partial charge in [0, 0.05) is 38.3 Å². The van der Waals surface area contributed by atoms with Gasteiger partial charge in [0.2, 0.25) is 5.91 Å². The molecule has 2 heterocycles. The SMILES string of the molecule is CCOc1ccc(N2CC(CNS(=O)(=O)N3CCCC3)CC2=O)cc1. The lowest BCUT2D eigenvalue weighted by atomic mass is 10.1. The van der Waals surface area contributed by atoms with Crippen molar-refractivity contribution in [1.82, 2.24) is 9.03 Å². The number of hydrogen-bond acceptors (Lipinski definition) is 4. The van der Waals surface area contributed by atoms with Gasteiger partial charge in [0.25, 0.3) is 10.2 Å². The summed E-state index contributed by atoms with van der Waals surface area (Å²) in [6.07, 6.45) is 2.18. The first kappa shape index (κ1) is 18.2. The molecule has 138 valence electrons. The molecule has 0 aromatic heterocycles. The number of rotatable bonds is 7. The van der Waals surface area contributed by atoms with E-state index in [1.807, 2.05) is 31.2 Å². The van der Waals surface area contributed by atoms with Crippen LogP contribution in [-0.4, -0.2) is 51.4 Å². The maximum absolute atomic E-state index is 12.3. The van der Waals surface area contributed by atoms with E-state index in [0.717, 1.165) is 24.3 Å². The van der Waals surface area contributed by atoms with Crippen LogP contribution in [0.15, 0.2) is 24.3 Å². The number of carbonyl (C=O) groups is 1. The van der Waals surface area contributed by atoms with E-state index >= 15 is 0 Å². The van der Waals surface area contributed by atoms with Gasteiger partial charge >= 0.3 is 0 Å². The van der Waals surface area contributed by atoms with Crippen molar-refractivity contribution < 1.29 is 17.9 Å². The Balaban J connectivity index is 1.56. The molecule has 8 heteroatoms. The van der Waals surface area contributed by atoms with Crippen LogP contribution in [-0.2, 0) is 15.0 Å². The topological polar surface area (TPSA) is 79.0 Å². The van der Waals surface area contributed by atoms with E-state index in [2.05, 4.69) is 4.72 Å². The van der Waals surface area contributed by atoms with Gasteiger partial charge in [0.15, 0.2) is 0 Å². The van der Waals surface area contributed by atoms with Gasteiger partial charge in [0.1, 0.15) is 5.75 Å². The van der Waals surface area contributed by atoms with Gasteiger partial charge in [0.05, 0.1) is 6.61 Å². The van der Waals surface area contributed by atoms with Crippen LogP contribution in [0.2, 0.25) is 0 Å². The fourth-order valence-corrected chi connectivity index (χ4v) is 4.67. The normalized spacial score (nSPS) is 21.9. The first-order chi connectivity index (χ1) is 12.0. The zero-order valence-corrected chi connectivity index (χ0v) is 15.3. The highest BCUT2D eigenvalue weighted by atomic mass is 32.2. The number of nitrogens with zero attached hydrogens (tertiary/aromatic N) is 2. The second kappa shape index (κ2) is 7.72. The van der Waals surface area contributed by atoms with Gasteiger partial charge in [-0.2, -0.15) is 12.7 Å². The van der Waals surface area contributed by atoms with E-state index in [9.17, 15) is 13.2 Å². The molecule has 0 spiro atoms. The Kier molecular flexibility index (Phi) is 5.61. The lowest BCUT2D eigenvalue weighted by molar-refractivity contribution is -0.117. The molecule has 1 aromatic carbocycles. The Labute approximate surface area is 149 Å². The molecule has 0 aliphatic carbocycles. The van der Waals surface area contributed by atoms with E-state index in [4.69, 9.17) is 4.74 Å². The molecular weight excluding hydrogens is 342 g/mol. The average Bonchev–Trinajstić information content (AvgIpc) is 3.24. The Morgan fingerprint density at radius 3 is 2.52 bits per heavy atom. The molecule has 0 bridgehead atoms. The minimum absolute atomic E-state index is 0.0172. The number of benzene rings is 1. The lowest BCUT2D eigenvalue weighted by Crippen LogP contribution is -2.41. The largest absolute Gasteiger partial charge is 0.494 e. The molecule has 1 N–H and O–H groups in total. The highest BCUT2D eigenvalue weighted by Crippen LogP contribution is 2.26. The summed E-state index contributed by atoms with van der Waals surface area (Å²) in [6.45, 7) is 4.49. The minimum Gasteiger partial charge on any atom is -0.494 e. The third-order valence-corrected chi connectivity index (χ3v) is 6.20. The van der Waals surface area contributed by atoms with Gasteiger partial charge in [-0.1, -0.05) is 0 Å². The Bertz CT molecular complexity index is 699. The maximum atomic E-state index is 12.3. The van der Waals surface area contributed by atoms with Crippen molar-refractivity contribution in [1.29, 1.82) is 0 Å². The van der Waals surface area contributed by atoms with Crippen LogP contribution in [0.3, 0.4) is 0 Å². The number of carbonyl (C=O) groups excluding carboxylic acids is 1. The monoisotopic (exact) mass is 367 g/mol. The third kappa shape index (κ3) is 4.31. The second-order valence-electron chi connectivity index (χ2n) is 6.46. The molecule has 2 aliphatic heterocycles. The van der Waals surface area contributed by atoms with Crippen molar-refractivity contribution in [3.05, 3.63) is 24.3 Å². The molecule has 7 nitrogen and oxygen atoms in total. The standard InChI is InChI=1S/C17H25N3O4S/c1-2-24-16-7-5-15(6-8-16)20-13-14(11-17(20)21)12-18-25(22,23)19-9-3-4-10-19/h5-8,14,18H,2-4,9-13H2,1H3. The summed E-state index contributed by atoms with van der Waals surface area (Å²) in [5, 5.41) is 0. The van der Waals surface area contributed by atoms with E-state index in [-0.39, 0.29) is 18.4 Å². The van der Waals surface area contributed by atoms with E-state index in [0.29, 0.717) is 32.7 Å². The fourth-order valence-electron chi connectivity index (χ4n) is 3.30.